The van der Waals surface area contributed by atoms with Gasteiger partial charge in [0.25, 0.3) is 5.56 Å². The second-order valence-corrected chi connectivity index (χ2v) is 5.03. The molecule has 0 spiro atoms. The van der Waals surface area contributed by atoms with Gasteiger partial charge in [0.15, 0.2) is 0 Å². The number of aromatic hydroxyl groups is 1. The molecular weight excluding hydrogens is 295 g/mol. The largest absolute Gasteiger partial charge is 0.506 e. The molecule has 0 amide bonds. The van der Waals surface area contributed by atoms with Crippen LogP contribution in [-0.4, -0.2) is 14.5 Å². The van der Waals surface area contributed by atoms with E-state index in [1.165, 1.54) is 18.2 Å². The monoisotopic (exact) mass is 304 g/mol. The molecule has 2 aromatic heterocycles. The van der Waals surface area contributed by atoms with E-state index < -0.39 is 11.4 Å². The molecule has 0 saturated carbocycles. The van der Waals surface area contributed by atoms with Crippen LogP contribution in [0.2, 0.25) is 5.02 Å². The number of rotatable bonds is 1. The maximum Gasteiger partial charge on any atom is 0.258 e. The Balaban J connectivity index is 2.36. The second kappa shape index (κ2) is 4.86. The Kier molecular flexibility index (Phi) is 3.14. The normalized spacial score (nSPS) is 11.0. The van der Waals surface area contributed by atoms with Crippen molar-refractivity contribution in [3.8, 4) is 17.0 Å². The van der Waals surface area contributed by atoms with Crippen molar-refractivity contribution in [3.63, 3.8) is 0 Å². The first kappa shape index (κ1) is 13.6. The number of aryl methyl sites for hydroxylation is 1. The van der Waals surface area contributed by atoms with Crippen LogP contribution >= 0.6 is 11.6 Å². The molecule has 106 valence electrons. The molecule has 0 unspecified atom stereocenters. The quantitative estimate of drug-likeness (QED) is 0.751. The molecule has 0 aliphatic carbocycles. The molecule has 1 N–H and O–H groups in total. The standard InChI is InChI=1S/C15H10ClFN2O2/c1-8-5-9(17)7-19-13(21)6-11(18-15(8)19)10-3-2-4-12(20)14(10)16/h2-7,20H,1H3. The highest BCUT2D eigenvalue weighted by molar-refractivity contribution is 6.34. The van der Waals surface area contributed by atoms with Crippen LogP contribution < -0.4 is 5.56 Å². The summed E-state index contributed by atoms with van der Waals surface area (Å²) in [5.74, 6) is -0.598. The number of benzene rings is 1. The highest BCUT2D eigenvalue weighted by Gasteiger charge is 2.12. The first-order valence-corrected chi connectivity index (χ1v) is 6.52. The first-order valence-electron chi connectivity index (χ1n) is 6.15. The van der Waals surface area contributed by atoms with Crippen molar-refractivity contribution in [1.29, 1.82) is 0 Å². The van der Waals surface area contributed by atoms with Gasteiger partial charge in [-0.15, -0.1) is 0 Å². The molecule has 0 atom stereocenters. The van der Waals surface area contributed by atoms with Crippen molar-refractivity contribution < 1.29 is 9.50 Å². The van der Waals surface area contributed by atoms with E-state index in [4.69, 9.17) is 11.6 Å². The Morgan fingerprint density at radius 3 is 2.86 bits per heavy atom. The highest BCUT2D eigenvalue weighted by atomic mass is 35.5. The van der Waals surface area contributed by atoms with E-state index >= 15 is 0 Å². The van der Waals surface area contributed by atoms with Crippen molar-refractivity contribution in [3.05, 3.63) is 63.3 Å². The van der Waals surface area contributed by atoms with Gasteiger partial charge < -0.3 is 5.11 Å². The fourth-order valence-corrected chi connectivity index (χ4v) is 2.40. The Morgan fingerprint density at radius 2 is 2.10 bits per heavy atom. The summed E-state index contributed by atoms with van der Waals surface area (Å²) in [4.78, 5) is 16.5. The lowest BCUT2D eigenvalue weighted by Crippen LogP contribution is -2.15. The summed E-state index contributed by atoms with van der Waals surface area (Å²) in [6.07, 6.45) is 1.09. The molecule has 3 rings (SSSR count). The Morgan fingerprint density at radius 1 is 1.33 bits per heavy atom. The zero-order valence-electron chi connectivity index (χ0n) is 11.0. The molecule has 21 heavy (non-hydrogen) atoms. The average molecular weight is 305 g/mol. The maximum absolute atomic E-state index is 13.4. The van der Waals surface area contributed by atoms with Crippen LogP contribution in [0.15, 0.2) is 41.3 Å². The molecule has 0 saturated heterocycles. The number of hydrogen-bond acceptors (Lipinski definition) is 3. The molecule has 0 radical (unpaired) electrons. The third kappa shape index (κ3) is 2.25. The van der Waals surface area contributed by atoms with Crippen LogP contribution in [0.5, 0.6) is 5.75 Å². The van der Waals surface area contributed by atoms with E-state index in [2.05, 4.69) is 4.98 Å². The molecule has 0 aliphatic heterocycles. The third-order valence-corrected chi connectivity index (χ3v) is 3.56. The number of aromatic nitrogens is 2. The highest BCUT2D eigenvalue weighted by Crippen LogP contribution is 2.33. The Labute approximate surface area is 124 Å². The number of halogens is 2. The van der Waals surface area contributed by atoms with E-state index in [-0.39, 0.29) is 10.8 Å². The lowest BCUT2D eigenvalue weighted by Gasteiger charge is -2.08. The third-order valence-electron chi connectivity index (χ3n) is 3.17. The van der Waals surface area contributed by atoms with E-state index in [1.54, 1.807) is 19.1 Å². The zero-order chi connectivity index (χ0) is 15.1. The van der Waals surface area contributed by atoms with Crippen LogP contribution in [0.4, 0.5) is 4.39 Å². The van der Waals surface area contributed by atoms with Crippen molar-refractivity contribution in [1.82, 2.24) is 9.38 Å². The Hall–Kier alpha value is -2.40. The van der Waals surface area contributed by atoms with Crippen molar-refractivity contribution in [2.75, 3.05) is 0 Å². The molecule has 0 bridgehead atoms. The van der Waals surface area contributed by atoms with Crippen LogP contribution in [0.1, 0.15) is 5.56 Å². The Bertz CT molecular complexity index is 921. The first-order chi connectivity index (χ1) is 9.97. The van der Waals surface area contributed by atoms with Crippen molar-refractivity contribution in [2.24, 2.45) is 0 Å². The SMILES string of the molecule is Cc1cc(F)cn2c(=O)cc(-c3cccc(O)c3Cl)nc12. The van der Waals surface area contributed by atoms with Gasteiger partial charge in [-0.05, 0) is 24.6 Å². The van der Waals surface area contributed by atoms with E-state index in [1.807, 2.05) is 0 Å². The minimum atomic E-state index is -0.507. The lowest BCUT2D eigenvalue weighted by molar-refractivity contribution is 0.476. The van der Waals surface area contributed by atoms with Gasteiger partial charge in [-0.25, -0.2) is 9.37 Å². The summed E-state index contributed by atoms with van der Waals surface area (Å²) in [7, 11) is 0. The predicted octanol–water partition coefficient (Wildman–Crippen LogP) is 3.17. The maximum atomic E-state index is 13.4. The lowest BCUT2D eigenvalue weighted by atomic mass is 10.1. The minimum absolute atomic E-state index is 0.0907. The predicted molar refractivity (Wildman–Crippen MR) is 78.3 cm³/mol. The molecule has 3 aromatic rings. The van der Waals surface area contributed by atoms with E-state index in [9.17, 15) is 14.3 Å². The molecular formula is C15H10ClFN2O2. The summed E-state index contributed by atoms with van der Waals surface area (Å²) < 4.78 is 14.5. The summed E-state index contributed by atoms with van der Waals surface area (Å²) in [6.45, 7) is 1.67. The van der Waals surface area contributed by atoms with Crippen molar-refractivity contribution >= 4 is 17.2 Å². The number of phenols is 1. The smallest absolute Gasteiger partial charge is 0.258 e. The number of fused-ring (bicyclic) bond motifs is 1. The van der Waals surface area contributed by atoms with Gasteiger partial charge in [-0.1, -0.05) is 23.7 Å². The topological polar surface area (TPSA) is 54.6 Å². The minimum Gasteiger partial charge on any atom is -0.506 e. The molecule has 6 heteroatoms. The molecule has 2 heterocycles. The van der Waals surface area contributed by atoms with Gasteiger partial charge in [0, 0.05) is 17.8 Å². The number of pyridine rings is 1. The summed E-state index contributed by atoms with van der Waals surface area (Å²) in [6, 6.07) is 7.26. The van der Waals surface area contributed by atoms with Gasteiger partial charge in [0.2, 0.25) is 0 Å². The molecule has 1 aromatic carbocycles. The van der Waals surface area contributed by atoms with Gasteiger partial charge in [0.05, 0.1) is 10.7 Å². The van der Waals surface area contributed by atoms with Crippen LogP contribution in [0.3, 0.4) is 0 Å². The zero-order valence-corrected chi connectivity index (χ0v) is 11.7. The molecule has 0 fully saturated rings. The van der Waals surface area contributed by atoms with E-state index in [0.717, 1.165) is 10.6 Å². The number of nitrogens with zero attached hydrogens (tertiary/aromatic N) is 2. The van der Waals surface area contributed by atoms with Gasteiger partial charge >= 0.3 is 0 Å². The summed E-state index contributed by atoms with van der Waals surface area (Å²) in [5, 5.41) is 9.76. The molecule has 4 nitrogen and oxygen atoms in total. The fraction of sp³-hybridized carbons (Fsp3) is 0.0667. The number of phenolic OH excluding ortho intramolecular Hbond substituents is 1. The van der Waals surface area contributed by atoms with Crippen LogP contribution in [0.25, 0.3) is 16.9 Å². The van der Waals surface area contributed by atoms with Crippen LogP contribution in [-0.2, 0) is 0 Å². The summed E-state index contributed by atoms with van der Waals surface area (Å²) in [5.41, 5.74) is 1.23. The van der Waals surface area contributed by atoms with E-state index in [0.29, 0.717) is 22.5 Å². The second-order valence-electron chi connectivity index (χ2n) is 4.65. The average Bonchev–Trinajstić information content (AvgIpc) is 2.43. The van der Waals surface area contributed by atoms with Gasteiger partial charge in [0.1, 0.15) is 17.2 Å². The van der Waals surface area contributed by atoms with Crippen molar-refractivity contribution in [2.45, 2.75) is 6.92 Å². The fourth-order valence-electron chi connectivity index (χ4n) is 2.18. The summed E-state index contributed by atoms with van der Waals surface area (Å²) >= 11 is 6.04. The van der Waals surface area contributed by atoms with Crippen LogP contribution in [0, 0.1) is 12.7 Å². The van der Waals surface area contributed by atoms with Gasteiger partial charge in [-0.2, -0.15) is 0 Å². The number of hydrogen-bond donors (Lipinski definition) is 1. The molecule has 0 aliphatic rings. The van der Waals surface area contributed by atoms with Gasteiger partial charge in [-0.3, -0.25) is 9.20 Å².